The van der Waals surface area contributed by atoms with Crippen LogP contribution in [0.3, 0.4) is 0 Å². The highest BCUT2D eigenvalue weighted by Crippen LogP contribution is 2.26. The summed E-state index contributed by atoms with van der Waals surface area (Å²) in [6, 6.07) is 14.1. The van der Waals surface area contributed by atoms with E-state index in [1.165, 1.54) is 9.80 Å². The summed E-state index contributed by atoms with van der Waals surface area (Å²) in [5.41, 5.74) is 14.3. The highest BCUT2D eigenvalue weighted by atomic mass is 16.2. The van der Waals surface area contributed by atoms with Crippen LogP contribution in [-0.2, 0) is 17.9 Å². The van der Waals surface area contributed by atoms with Gasteiger partial charge < -0.3 is 11.5 Å². The number of urea groups is 1. The maximum absolute atomic E-state index is 12.6. The van der Waals surface area contributed by atoms with E-state index in [1.54, 1.807) is 24.3 Å². The van der Waals surface area contributed by atoms with Crippen LogP contribution in [0.15, 0.2) is 48.5 Å². The minimum Gasteiger partial charge on any atom is -0.326 e. The van der Waals surface area contributed by atoms with Crippen LogP contribution < -0.4 is 21.3 Å². The van der Waals surface area contributed by atoms with Crippen molar-refractivity contribution in [3.63, 3.8) is 0 Å². The van der Waals surface area contributed by atoms with Crippen molar-refractivity contribution >= 4 is 23.3 Å². The Labute approximate surface area is 134 Å². The molecule has 1 aliphatic rings. The summed E-state index contributed by atoms with van der Waals surface area (Å²) < 4.78 is 0. The van der Waals surface area contributed by atoms with Gasteiger partial charge in [0, 0.05) is 18.8 Å². The van der Waals surface area contributed by atoms with Gasteiger partial charge in [0.05, 0.1) is 5.69 Å². The molecule has 0 aromatic heterocycles. The van der Waals surface area contributed by atoms with Gasteiger partial charge in [-0.3, -0.25) is 9.69 Å². The van der Waals surface area contributed by atoms with E-state index in [-0.39, 0.29) is 18.5 Å². The zero-order chi connectivity index (χ0) is 16.4. The normalized spacial score (nSPS) is 14.7. The predicted octanol–water partition coefficient (Wildman–Crippen LogP) is 1.58. The van der Waals surface area contributed by atoms with E-state index < -0.39 is 0 Å². The van der Waals surface area contributed by atoms with Gasteiger partial charge in [0.15, 0.2) is 0 Å². The maximum Gasteiger partial charge on any atom is 0.336 e. The average Bonchev–Trinajstić information content (AvgIpc) is 2.89. The molecule has 3 amide bonds. The fourth-order valence-electron chi connectivity index (χ4n) is 2.55. The van der Waals surface area contributed by atoms with Crippen LogP contribution in [0.1, 0.15) is 11.1 Å². The van der Waals surface area contributed by atoms with E-state index >= 15 is 0 Å². The number of carbonyl (C=O) groups excluding carboxylic acids is 2. The molecule has 6 nitrogen and oxygen atoms in total. The van der Waals surface area contributed by atoms with Crippen molar-refractivity contribution in [1.29, 1.82) is 0 Å². The Kier molecular flexibility index (Phi) is 4.10. The first-order valence-electron chi connectivity index (χ1n) is 7.36. The minimum atomic E-state index is -0.351. The molecule has 1 heterocycles. The molecule has 0 aliphatic carbocycles. The molecule has 2 aromatic carbocycles. The third-order valence-corrected chi connectivity index (χ3v) is 3.88. The second-order valence-corrected chi connectivity index (χ2v) is 5.34. The number of hydrogen-bond donors (Lipinski definition) is 2. The van der Waals surface area contributed by atoms with Crippen molar-refractivity contribution in [1.82, 2.24) is 0 Å². The predicted molar refractivity (Wildman–Crippen MR) is 88.9 cm³/mol. The van der Waals surface area contributed by atoms with Gasteiger partial charge in [-0.1, -0.05) is 24.3 Å². The van der Waals surface area contributed by atoms with Gasteiger partial charge in [0.25, 0.3) is 5.91 Å². The van der Waals surface area contributed by atoms with E-state index in [0.717, 1.165) is 11.1 Å². The van der Waals surface area contributed by atoms with E-state index in [2.05, 4.69) is 0 Å². The molecule has 0 saturated carbocycles. The molecule has 2 aromatic rings. The number of carbonyl (C=O) groups is 2. The molecule has 0 radical (unpaired) electrons. The molecule has 118 valence electrons. The van der Waals surface area contributed by atoms with E-state index in [9.17, 15) is 9.59 Å². The van der Waals surface area contributed by atoms with Crippen LogP contribution in [0.25, 0.3) is 0 Å². The number of anilines is 2. The second-order valence-electron chi connectivity index (χ2n) is 5.34. The smallest absolute Gasteiger partial charge is 0.326 e. The molecule has 1 saturated heterocycles. The van der Waals surface area contributed by atoms with Crippen molar-refractivity contribution < 1.29 is 9.59 Å². The summed E-state index contributed by atoms with van der Waals surface area (Å²) in [4.78, 5) is 27.5. The van der Waals surface area contributed by atoms with Gasteiger partial charge in [-0.25, -0.2) is 9.69 Å². The van der Waals surface area contributed by atoms with Crippen LogP contribution in [0.5, 0.6) is 0 Å². The topological polar surface area (TPSA) is 92.7 Å². The number of hydrogen-bond acceptors (Lipinski definition) is 4. The Bertz CT molecular complexity index is 725. The first kappa shape index (κ1) is 15.2. The van der Waals surface area contributed by atoms with Gasteiger partial charge >= 0.3 is 6.03 Å². The quantitative estimate of drug-likeness (QED) is 0.839. The van der Waals surface area contributed by atoms with Crippen LogP contribution in [0.4, 0.5) is 16.2 Å². The van der Waals surface area contributed by atoms with Gasteiger partial charge in [0.2, 0.25) is 0 Å². The molecule has 0 bridgehead atoms. The Morgan fingerprint density at radius 1 is 0.783 bits per heavy atom. The third-order valence-electron chi connectivity index (χ3n) is 3.88. The van der Waals surface area contributed by atoms with Crippen LogP contribution in [0, 0.1) is 0 Å². The second kappa shape index (κ2) is 6.20. The molecule has 1 fully saturated rings. The average molecular weight is 310 g/mol. The lowest BCUT2D eigenvalue weighted by atomic mass is 10.2. The lowest BCUT2D eigenvalue weighted by molar-refractivity contribution is -0.115. The maximum atomic E-state index is 12.6. The molecule has 4 N–H and O–H groups in total. The van der Waals surface area contributed by atoms with Crippen LogP contribution in [-0.4, -0.2) is 18.5 Å². The van der Waals surface area contributed by atoms with Crippen molar-refractivity contribution in [2.45, 2.75) is 13.1 Å². The van der Waals surface area contributed by atoms with Crippen LogP contribution in [0.2, 0.25) is 0 Å². The molecule has 1 aliphatic heterocycles. The zero-order valence-electron chi connectivity index (χ0n) is 12.6. The van der Waals surface area contributed by atoms with Crippen molar-refractivity contribution in [2.24, 2.45) is 11.5 Å². The van der Waals surface area contributed by atoms with Crippen molar-refractivity contribution in [2.75, 3.05) is 16.3 Å². The molecular weight excluding hydrogens is 292 g/mol. The van der Waals surface area contributed by atoms with Gasteiger partial charge in [-0.2, -0.15) is 0 Å². The Hall–Kier alpha value is -2.70. The Morgan fingerprint density at radius 2 is 1.26 bits per heavy atom. The van der Waals surface area contributed by atoms with Crippen molar-refractivity contribution in [3.05, 3.63) is 59.7 Å². The summed E-state index contributed by atoms with van der Waals surface area (Å²) in [7, 11) is 0. The number of imide groups is 1. The summed E-state index contributed by atoms with van der Waals surface area (Å²) in [5, 5.41) is 0. The molecule has 0 spiro atoms. The fraction of sp³-hybridized carbons (Fsp3) is 0.176. The molecule has 3 rings (SSSR count). The van der Waals surface area contributed by atoms with Crippen LogP contribution >= 0.6 is 0 Å². The molecule has 6 heteroatoms. The highest BCUT2D eigenvalue weighted by Gasteiger charge is 2.37. The summed E-state index contributed by atoms with van der Waals surface area (Å²) >= 11 is 0. The SMILES string of the molecule is NCc1ccc(N2CC(=O)N(c3ccc(CN)cc3)C2=O)cc1. The first-order valence-corrected chi connectivity index (χ1v) is 7.36. The monoisotopic (exact) mass is 310 g/mol. The lowest BCUT2D eigenvalue weighted by Gasteiger charge is -2.17. The number of benzene rings is 2. The number of amides is 3. The summed E-state index contributed by atoms with van der Waals surface area (Å²) in [5.74, 6) is -0.251. The Morgan fingerprint density at radius 3 is 1.74 bits per heavy atom. The van der Waals surface area contributed by atoms with Crippen molar-refractivity contribution in [3.8, 4) is 0 Å². The standard InChI is InChI=1S/C17H18N4O2/c18-9-12-1-5-14(6-2-12)20-11-16(22)21(17(20)23)15-7-3-13(10-19)4-8-15/h1-8H,9-11,18-19H2. The number of nitrogens with two attached hydrogens (primary N) is 2. The van der Waals surface area contributed by atoms with E-state index in [1.807, 2.05) is 24.3 Å². The zero-order valence-corrected chi connectivity index (χ0v) is 12.6. The summed E-state index contributed by atoms with van der Waals surface area (Å²) in [6.45, 7) is 0.883. The van der Waals surface area contributed by atoms with E-state index in [0.29, 0.717) is 24.5 Å². The first-order chi connectivity index (χ1) is 11.1. The van der Waals surface area contributed by atoms with Gasteiger partial charge in [-0.05, 0) is 35.4 Å². The van der Waals surface area contributed by atoms with Gasteiger partial charge in [-0.15, -0.1) is 0 Å². The molecule has 0 atom stereocenters. The molecule has 0 unspecified atom stereocenters. The third kappa shape index (κ3) is 2.81. The summed E-state index contributed by atoms with van der Waals surface area (Å²) in [6.07, 6.45) is 0. The molecular formula is C17H18N4O2. The Balaban J connectivity index is 1.86. The largest absolute Gasteiger partial charge is 0.336 e. The lowest BCUT2D eigenvalue weighted by Crippen LogP contribution is -2.33. The number of nitrogens with zero attached hydrogens (tertiary/aromatic N) is 2. The van der Waals surface area contributed by atoms with E-state index in [4.69, 9.17) is 11.5 Å². The highest BCUT2D eigenvalue weighted by molar-refractivity contribution is 6.26. The number of rotatable bonds is 4. The molecule has 23 heavy (non-hydrogen) atoms. The minimum absolute atomic E-state index is 0.0272. The van der Waals surface area contributed by atoms with Gasteiger partial charge in [0.1, 0.15) is 6.54 Å². The fourth-order valence-corrected chi connectivity index (χ4v) is 2.55.